The van der Waals surface area contributed by atoms with E-state index in [1.165, 1.54) is 0 Å². The van der Waals surface area contributed by atoms with E-state index in [4.69, 9.17) is 10.5 Å². The van der Waals surface area contributed by atoms with Gasteiger partial charge in [0.25, 0.3) is 0 Å². The van der Waals surface area contributed by atoms with Crippen molar-refractivity contribution in [3.63, 3.8) is 0 Å². The van der Waals surface area contributed by atoms with E-state index in [0.717, 1.165) is 30.4 Å². The highest BCUT2D eigenvalue weighted by atomic mass is 17.1. The van der Waals surface area contributed by atoms with Gasteiger partial charge in [-0.2, -0.15) is 0 Å². The van der Waals surface area contributed by atoms with Gasteiger partial charge in [-0.3, -0.25) is 0 Å². The third-order valence-electron chi connectivity index (χ3n) is 3.03. The molecule has 100 valence electrons. The van der Waals surface area contributed by atoms with Crippen LogP contribution in [0.4, 0.5) is 0 Å². The Morgan fingerprint density at radius 1 is 0.684 bits per heavy atom. The van der Waals surface area contributed by atoms with Crippen molar-refractivity contribution in [1.29, 1.82) is 0 Å². The zero-order valence-electron chi connectivity index (χ0n) is 10.5. The molecule has 0 amide bonds. The number of hydrogen-bond acceptors (Lipinski definition) is 4. The number of benzene rings is 2. The smallest absolute Gasteiger partial charge is 0.168 e. The molecule has 0 saturated heterocycles. The summed E-state index contributed by atoms with van der Waals surface area (Å²) in [4.78, 5) is 8.66. The van der Waals surface area contributed by atoms with Gasteiger partial charge >= 0.3 is 0 Å². The van der Waals surface area contributed by atoms with Gasteiger partial charge in [-0.1, -0.05) is 36.4 Å². The van der Waals surface area contributed by atoms with Crippen molar-refractivity contribution in [2.45, 2.75) is 19.3 Å². The van der Waals surface area contributed by atoms with Crippen LogP contribution < -0.4 is 9.78 Å². The van der Waals surface area contributed by atoms with Crippen LogP contribution in [0.3, 0.4) is 0 Å². The lowest BCUT2D eigenvalue weighted by atomic mass is 10.0. The van der Waals surface area contributed by atoms with Gasteiger partial charge in [-0.15, -0.1) is 0 Å². The molecule has 0 unspecified atom stereocenters. The van der Waals surface area contributed by atoms with Gasteiger partial charge < -0.3 is 9.78 Å². The molecule has 4 nitrogen and oxygen atoms in total. The summed E-state index contributed by atoms with van der Waals surface area (Å²) in [5.41, 5.74) is 1.90. The van der Waals surface area contributed by atoms with Crippen LogP contribution in [-0.4, -0.2) is 10.5 Å². The van der Waals surface area contributed by atoms with E-state index in [0.29, 0.717) is 11.5 Å². The van der Waals surface area contributed by atoms with Crippen LogP contribution in [0.5, 0.6) is 11.5 Å². The van der Waals surface area contributed by atoms with Gasteiger partial charge in [0, 0.05) is 0 Å². The van der Waals surface area contributed by atoms with Crippen LogP contribution in [-0.2, 0) is 12.8 Å². The van der Waals surface area contributed by atoms with E-state index >= 15 is 0 Å². The van der Waals surface area contributed by atoms with Crippen molar-refractivity contribution in [3.05, 3.63) is 59.7 Å². The van der Waals surface area contributed by atoms with Crippen molar-refractivity contribution >= 4 is 0 Å². The second-order valence-electron chi connectivity index (χ2n) is 4.25. The lowest BCUT2D eigenvalue weighted by Gasteiger charge is -2.08. The number of rotatable bonds is 6. The Balaban J connectivity index is 1.96. The highest BCUT2D eigenvalue weighted by Crippen LogP contribution is 2.22. The average molecular weight is 260 g/mol. The summed E-state index contributed by atoms with van der Waals surface area (Å²) in [6.45, 7) is 0. The number of hydrogen-bond donors (Lipinski definition) is 2. The molecule has 0 spiro atoms. The standard InChI is InChI=1S/C15H16O4/c16-18-14-10-3-1-6-12(14)8-5-9-13-7-2-4-11-15(13)19-17/h1-4,6-7,10-11,16-17H,5,8-9H2. The maximum absolute atomic E-state index is 8.76. The largest absolute Gasteiger partial charge is 0.340 e. The maximum atomic E-state index is 8.76. The lowest BCUT2D eigenvalue weighted by molar-refractivity contribution is -0.138. The monoisotopic (exact) mass is 260 g/mol. The van der Waals surface area contributed by atoms with E-state index in [1.807, 2.05) is 36.4 Å². The topological polar surface area (TPSA) is 58.9 Å². The molecule has 0 heterocycles. The van der Waals surface area contributed by atoms with Gasteiger partial charge in [0.05, 0.1) is 0 Å². The van der Waals surface area contributed by atoms with Crippen molar-refractivity contribution in [3.8, 4) is 11.5 Å². The summed E-state index contributed by atoms with van der Waals surface area (Å²) in [5.74, 6) is 0.961. The molecule has 0 saturated carbocycles. The first-order valence-corrected chi connectivity index (χ1v) is 6.14. The van der Waals surface area contributed by atoms with Gasteiger partial charge in [0.2, 0.25) is 0 Å². The molecule has 0 atom stereocenters. The van der Waals surface area contributed by atoms with Crippen molar-refractivity contribution < 1.29 is 20.3 Å². The van der Waals surface area contributed by atoms with Crippen LogP contribution >= 0.6 is 0 Å². The van der Waals surface area contributed by atoms with Crippen LogP contribution in [0.2, 0.25) is 0 Å². The SMILES string of the molecule is OOc1ccccc1CCCc1ccccc1OO. The molecule has 0 bridgehead atoms. The first kappa shape index (κ1) is 13.4. The predicted octanol–water partition coefficient (Wildman–Crippen LogP) is 3.57. The lowest BCUT2D eigenvalue weighted by Crippen LogP contribution is -1.96. The molecular formula is C15H16O4. The zero-order chi connectivity index (χ0) is 13.5. The molecule has 0 aliphatic rings. The van der Waals surface area contributed by atoms with Crippen molar-refractivity contribution in [2.75, 3.05) is 0 Å². The van der Waals surface area contributed by atoms with Gasteiger partial charge in [-0.25, -0.2) is 10.5 Å². The Morgan fingerprint density at radius 2 is 1.11 bits per heavy atom. The zero-order valence-corrected chi connectivity index (χ0v) is 10.5. The molecule has 0 fully saturated rings. The fraction of sp³-hybridized carbons (Fsp3) is 0.200. The average Bonchev–Trinajstić information content (AvgIpc) is 2.48. The summed E-state index contributed by atoms with van der Waals surface area (Å²) in [7, 11) is 0. The summed E-state index contributed by atoms with van der Waals surface area (Å²) in [5, 5.41) is 17.5. The number of aryl methyl sites for hydroxylation is 2. The van der Waals surface area contributed by atoms with Gasteiger partial charge in [0.1, 0.15) is 0 Å². The van der Waals surface area contributed by atoms with Crippen LogP contribution in [0.25, 0.3) is 0 Å². The van der Waals surface area contributed by atoms with E-state index in [1.54, 1.807) is 12.1 Å². The fourth-order valence-electron chi connectivity index (χ4n) is 2.07. The Labute approximate surface area is 111 Å². The van der Waals surface area contributed by atoms with E-state index in [9.17, 15) is 0 Å². The summed E-state index contributed by atoms with van der Waals surface area (Å²) in [6, 6.07) is 14.7. The molecule has 2 rings (SSSR count). The van der Waals surface area contributed by atoms with Crippen LogP contribution in [0.1, 0.15) is 17.5 Å². The third-order valence-corrected chi connectivity index (χ3v) is 3.03. The first-order chi connectivity index (χ1) is 9.35. The van der Waals surface area contributed by atoms with Crippen LogP contribution in [0, 0.1) is 0 Å². The molecule has 0 radical (unpaired) electrons. The normalized spacial score (nSPS) is 10.2. The van der Waals surface area contributed by atoms with Crippen molar-refractivity contribution in [1.82, 2.24) is 0 Å². The molecule has 0 aromatic heterocycles. The summed E-state index contributed by atoms with van der Waals surface area (Å²) < 4.78 is 0. The van der Waals surface area contributed by atoms with Gasteiger partial charge in [0.15, 0.2) is 11.5 Å². The fourth-order valence-corrected chi connectivity index (χ4v) is 2.07. The quantitative estimate of drug-likeness (QED) is 0.615. The molecule has 2 aromatic rings. The summed E-state index contributed by atoms with van der Waals surface area (Å²) in [6.07, 6.45) is 2.41. The highest BCUT2D eigenvalue weighted by Gasteiger charge is 2.05. The van der Waals surface area contributed by atoms with Crippen LogP contribution in [0.15, 0.2) is 48.5 Å². The second kappa shape index (κ2) is 6.78. The summed E-state index contributed by atoms with van der Waals surface area (Å²) >= 11 is 0. The number of para-hydroxylation sites is 2. The second-order valence-corrected chi connectivity index (χ2v) is 4.25. The molecule has 0 aliphatic carbocycles. The maximum Gasteiger partial charge on any atom is 0.168 e. The third kappa shape index (κ3) is 3.47. The molecule has 19 heavy (non-hydrogen) atoms. The van der Waals surface area contributed by atoms with Gasteiger partial charge in [-0.05, 0) is 42.5 Å². The molecule has 4 heteroatoms. The minimum Gasteiger partial charge on any atom is -0.340 e. The van der Waals surface area contributed by atoms with E-state index in [-0.39, 0.29) is 0 Å². The molecular weight excluding hydrogens is 244 g/mol. The Morgan fingerprint density at radius 3 is 1.53 bits per heavy atom. The Hall–Kier alpha value is -2.04. The highest BCUT2D eigenvalue weighted by molar-refractivity contribution is 5.34. The Bertz CT molecular complexity index is 478. The predicted molar refractivity (Wildman–Crippen MR) is 71.4 cm³/mol. The first-order valence-electron chi connectivity index (χ1n) is 6.14. The van der Waals surface area contributed by atoms with E-state index in [2.05, 4.69) is 9.78 Å². The Kier molecular flexibility index (Phi) is 4.78. The minimum atomic E-state index is 0.481. The van der Waals surface area contributed by atoms with E-state index < -0.39 is 0 Å². The molecule has 2 N–H and O–H groups in total. The molecule has 2 aromatic carbocycles. The minimum absolute atomic E-state index is 0.481. The molecule has 0 aliphatic heterocycles. The van der Waals surface area contributed by atoms with Crippen molar-refractivity contribution in [2.24, 2.45) is 0 Å².